The molecule has 2 aliphatic rings. The van der Waals surface area contributed by atoms with Crippen molar-refractivity contribution in [3.05, 3.63) is 12.7 Å². The fourth-order valence-corrected chi connectivity index (χ4v) is 4.51. The van der Waals surface area contributed by atoms with Gasteiger partial charge in [0, 0.05) is 6.61 Å². The van der Waals surface area contributed by atoms with Crippen molar-refractivity contribution < 1.29 is 4.74 Å². The lowest BCUT2D eigenvalue weighted by molar-refractivity contribution is 0.00727. The highest BCUT2D eigenvalue weighted by molar-refractivity contribution is 4.82. The van der Waals surface area contributed by atoms with E-state index in [1.165, 1.54) is 70.6 Å². The predicted molar refractivity (Wildman–Crippen MR) is 91.5 cm³/mol. The SMILES string of the molecule is C=CCCCC1CCC(C2CCC(OCCC)CC2)CC1. The second kappa shape index (κ2) is 9.66. The molecule has 2 saturated carbocycles. The molecule has 1 heteroatoms. The quantitative estimate of drug-likeness (QED) is 0.386. The standard InChI is InChI=1S/C20H36O/c1-3-5-6-7-17-8-10-18(11-9-17)19-12-14-20(15-13-19)21-16-4-2/h3,17-20H,1,4-16H2,2H3. The fraction of sp³-hybridized carbons (Fsp3) is 0.900. The van der Waals surface area contributed by atoms with Crippen molar-refractivity contribution in [1.82, 2.24) is 0 Å². The van der Waals surface area contributed by atoms with Crippen LogP contribution in [-0.2, 0) is 4.74 Å². The minimum atomic E-state index is 0.580. The molecule has 0 amide bonds. The van der Waals surface area contributed by atoms with Crippen molar-refractivity contribution >= 4 is 0 Å². The Bertz CT molecular complexity index is 270. The molecule has 122 valence electrons. The van der Waals surface area contributed by atoms with Gasteiger partial charge in [-0.1, -0.05) is 32.3 Å². The summed E-state index contributed by atoms with van der Waals surface area (Å²) in [7, 11) is 0. The summed E-state index contributed by atoms with van der Waals surface area (Å²) in [5.74, 6) is 3.07. The number of hydrogen-bond donors (Lipinski definition) is 0. The highest BCUT2D eigenvalue weighted by Crippen LogP contribution is 2.41. The summed E-state index contributed by atoms with van der Waals surface area (Å²) >= 11 is 0. The van der Waals surface area contributed by atoms with Crippen LogP contribution in [0.15, 0.2) is 12.7 Å². The van der Waals surface area contributed by atoms with Gasteiger partial charge in [0.2, 0.25) is 0 Å². The predicted octanol–water partition coefficient (Wildman–Crippen LogP) is 6.13. The lowest BCUT2D eigenvalue weighted by Gasteiger charge is -2.37. The average Bonchev–Trinajstić information content (AvgIpc) is 2.54. The first-order valence-corrected chi connectivity index (χ1v) is 9.56. The molecule has 0 atom stereocenters. The van der Waals surface area contributed by atoms with Gasteiger partial charge in [0.1, 0.15) is 0 Å². The van der Waals surface area contributed by atoms with E-state index < -0.39 is 0 Å². The van der Waals surface area contributed by atoms with Crippen LogP contribution in [-0.4, -0.2) is 12.7 Å². The van der Waals surface area contributed by atoms with Crippen molar-refractivity contribution in [1.29, 1.82) is 0 Å². The zero-order valence-corrected chi connectivity index (χ0v) is 14.2. The van der Waals surface area contributed by atoms with Gasteiger partial charge in [0.25, 0.3) is 0 Å². The summed E-state index contributed by atoms with van der Waals surface area (Å²) in [5, 5.41) is 0. The largest absolute Gasteiger partial charge is 0.378 e. The maximum absolute atomic E-state index is 5.93. The van der Waals surface area contributed by atoms with Crippen LogP contribution in [0, 0.1) is 17.8 Å². The molecule has 0 unspecified atom stereocenters. The van der Waals surface area contributed by atoms with Gasteiger partial charge in [-0.15, -0.1) is 6.58 Å². The van der Waals surface area contributed by atoms with Crippen molar-refractivity contribution in [2.24, 2.45) is 17.8 Å². The first-order valence-electron chi connectivity index (χ1n) is 9.56. The smallest absolute Gasteiger partial charge is 0.0575 e. The summed E-state index contributed by atoms with van der Waals surface area (Å²) in [4.78, 5) is 0. The van der Waals surface area contributed by atoms with Gasteiger partial charge in [-0.25, -0.2) is 0 Å². The molecule has 0 radical (unpaired) electrons. The van der Waals surface area contributed by atoms with Crippen LogP contribution >= 0.6 is 0 Å². The minimum absolute atomic E-state index is 0.580. The summed E-state index contributed by atoms with van der Waals surface area (Å²) in [6.07, 6.45) is 19.3. The van der Waals surface area contributed by atoms with Gasteiger partial charge < -0.3 is 4.74 Å². The molecule has 0 aromatic carbocycles. The second-order valence-corrected chi connectivity index (χ2v) is 7.41. The Morgan fingerprint density at radius 2 is 1.57 bits per heavy atom. The Labute approximate surface area is 132 Å². The Kier molecular flexibility index (Phi) is 7.85. The Balaban J connectivity index is 1.61. The molecule has 0 aromatic heterocycles. The molecule has 2 rings (SSSR count). The van der Waals surface area contributed by atoms with E-state index in [1.54, 1.807) is 0 Å². The summed E-state index contributed by atoms with van der Waals surface area (Å²) in [6, 6.07) is 0. The highest BCUT2D eigenvalue weighted by Gasteiger charge is 2.30. The molecule has 21 heavy (non-hydrogen) atoms. The van der Waals surface area contributed by atoms with E-state index in [1.807, 2.05) is 0 Å². The Morgan fingerprint density at radius 3 is 2.14 bits per heavy atom. The minimum Gasteiger partial charge on any atom is -0.378 e. The van der Waals surface area contributed by atoms with Crippen LogP contribution in [0.25, 0.3) is 0 Å². The first-order chi connectivity index (χ1) is 10.3. The maximum atomic E-state index is 5.93. The van der Waals surface area contributed by atoms with Crippen molar-refractivity contribution in [2.75, 3.05) is 6.61 Å². The molecule has 2 fully saturated rings. The van der Waals surface area contributed by atoms with Crippen LogP contribution in [0.2, 0.25) is 0 Å². The summed E-state index contributed by atoms with van der Waals surface area (Å²) in [6.45, 7) is 7.00. The monoisotopic (exact) mass is 292 g/mol. The molecule has 2 aliphatic carbocycles. The van der Waals surface area contributed by atoms with E-state index in [2.05, 4.69) is 19.6 Å². The Hall–Kier alpha value is -0.300. The van der Waals surface area contributed by atoms with Crippen LogP contribution in [0.4, 0.5) is 0 Å². The van der Waals surface area contributed by atoms with E-state index in [-0.39, 0.29) is 0 Å². The molecule has 0 bridgehead atoms. The van der Waals surface area contributed by atoms with Crippen LogP contribution in [0.3, 0.4) is 0 Å². The maximum Gasteiger partial charge on any atom is 0.0575 e. The Morgan fingerprint density at radius 1 is 0.952 bits per heavy atom. The van der Waals surface area contributed by atoms with E-state index in [0.29, 0.717) is 6.10 Å². The third kappa shape index (κ3) is 5.77. The second-order valence-electron chi connectivity index (χ2n) is 7.41. The van der Waals surface area contributed by atoms with E-state index in [0.717, 1.165) is 30.8 Å². The molecule has 0 spiro atoms. The topological polar surface area (TPSA) is 9.23 Å². The number of rotatable bonds is 8. The van der Waals surface area contributed by atoms with Crippen molar-refractivity contribution in [3.63, 3.8) is 0 Å². The van der Waals surface area contributed by atoms with E-state index in [4.69, 9.17) is 4.74 Å². The van der Waals surface area contributed by atoms with Crippen LogP contribution < -0.4 is 0 Å². The zero-order chi connectivity index (χ0) is 14.9. The average molecular weight is 293 g/mol. The third-order valence-electron chi connectivity index (χ3n) is 5.86. The number of ether oxygens (including phenoxy) is 1. The van der Waals surface area contributed by atoms with Gasteiger partial charge in [-0.2, -0.15) is 0 Å². The van der Waals surface area contributed by atoms with Crippen molar-refractivity contribution in [2.45, 2.75) is 90.1 Å². The molecule has 0 saturated heterocycles. The zero-order valence-electron chi connectivity index (χ0n) is 14.2. The van der Waals surface area contributed by atoms with Gasteiger partial charge >= 0.3 is 0 Å². The van der Waals surface area contributed by atoms with Crippen LogP contribution in [0.1, 0.15) is 84.0 Å². The summed E-state index contributed by atoms with van der Waals surface area (Å²) < 4.78 is 5.93. The molecule has 0 heterocycles. The molecule has 0 aliphatic heterocycles. The first kappa shape index (κ1) is 17.1. The molecule has 0 aromatic rings. The molecule has 0 N–H and O–H groups in total. The number of allylic oxidation sites excluding steroid dienone is 1. The lowest BCUT2D eigenvalue weighted by atomic mass is 9.70. The highest BCUT2D eigenvalue weighted by atomic mass is 16.5. The molecular weight excluding hydrogens is 256 g/mol. The van der Waals surface area contributed by atoms with Gasteiger partial charge in [0.05, 0.1) is 6.10 Å². The van der Waals surface area contributed by atoms with Gasteiger partial charge in [0.15, 0.2) is 0 Å². The normalized spacial score (nSPS) is 33.8. The fourth-order valence-electron chi connectivity index (χ4n) is 4.51. The summed E-state index contributed by atoms with van der Waals surface area (Å²) in [5.41, 5.74) is 0. The van der Waals surface area contributed by atoms with E-state index >= 15 is 0 Å². The molecular formula is C20H36O. The van der Waals surface area contributed by atoms with Crippen molar-refractivity contribution in [3.8, 4) is 0 Å². The molecule has 1 nitrogen and oxygen atoms in total. The lowest BCUT2D eigenvalue weighted by Crippen LogP contribution is -2.28. The van der Waals surface area contributed by atoms with Crippen LogP contribution in [0.5, 0.6) is 0 Å². The van der Waals surface area contributed by atoms with Gasteiger partial charge in [-0.3, -0.25) is 0 Å². The number of unbranched alkanes of at least 4 members (excludes halogenated alkanes) is 1. The van der Waals surface area contributed by atoms with Gasteiger partial charge in [-0.05, 0) is 75.5 Å². The van der Waals surface area contributed by atoms with E-state index in [9.17, 15) is 0 Å². The number of hydrogen-bond acceptors (Lipinski definition) is 1. The third-order valence-corrected chi connectivity index (χ3v) is 5.86.